The minimum Gasteiger partial charge on any atom is -0.508 e. The SMILES string of the molecule is Cc1nc2c(-c3ccc4c(N)nnc(C)c4c3)cc(B(O)OC=O)cc2o1. The maximum atomic E-state index is 10.6. The number of aromatic nitrogens is 3. The van der Waals surface area contributed by atoms with Gasteiger partial charge in [-0.25, -0.2) is 4.98 Å². The number of hydrogen-bond donors (Lipinski definition) is 2. The maximum Gasteiger partial charge on any atom is 0.561 e. The molecule has 2 aromatic heterocycles. The Morgan fingerprint density at radius 1 is 1.19 bits per heavy atom. The van der Waals surface area contributed by atoms with Gasteiger partial charge in [0.25, 0.3) is 6.47 Å². The van der Waals surface area contributed by atoms with E-state index in [-0.39, 0.29) is 6.47 Å². The number of fused-ring (bicyclic) bond motifs is 2. The van der Waals surface area contributed by atoms with Crippen molar-refractivity contribution in [2.24, 2.45) is 0 Å². The van der Waals surface area contributed by atoms with Crippen molar-refractivity contribution in [2.45, 2.75) is 13.8 Å². The lowest BCUT2D eigenvalue weighted by Crippen LogP contribution is -2.33. The quantitative estimate of drug-likeness (QED) is 0.413. The molecule has 4 aromatic rings. The second-order valence-electron chi connectivity index (χ2n) is 6.16. The van der Waals surface area contributed by atoms with Gasteiger partial charge in [-0.3, -0.25) is 4.79 Å². The molecule has 0 saturated heterocycles. The predicted molar refractivity (Wildman–Crippen MR) is 101 cm³/mol. The number of anilines is 1. The first-order valence-corrected chi connectivity index (χ1v) is 8.19. The Labute approximate surface area is 154 Å². The van der Waals surface area contributed by atoms with E-state index in [1.54, 1.807) is 19.1 Å². The van der Waals surface area contributed by atoms with Crippen LogP contribution in [0.5, 0.6) is 0 Å². The standard InChI is InChI=1S/C18H15BN4O4/c1-9-14-5-11(3-4-13(14)18(20)23-22-9)15-6-12(19(25)26-8-24)7-16-17(15)21-10(2)27-16/h3-8,25H,1-2H3,(H2,20,23). The van der Waals surface area contributed by atoms with Gasteiger partial charge < -0.3 is 19.8 Å². The molecule has 0 bridgehead atoms. The third-order valence-corrected chi connectivity index (χ3v) is 4.40. The van der Waals surface area contributed by atoms with Crippen LogP contribution in [0.1, 0.15) is 11.6 Å². The molecule has 0 aliphatic heterocycles. The van der Waals surface area contributed by atoms with Crippen LogP contribution in [-0.2, 0) is 9.45 Å². The highest BCUT2D eigenvalue weighted by Crippen LogP contribution is 2.32. The van der Waals surface area contributed by atoms with Crippen LogP contribution in [0.15, 0.2) is 34.7 Å². The molecule has 8 nitrogen and oxygen atoms in total. The van der Waals surface area contributed by atoms with Gasteiger partial charge in [-0.2, -0.15) is 5.10 Å². The van der Waals surface area contributed by atoms with Crippen molar-refractivity contribution in [3.8, 4) is 11.1 Å². The van der Waals surface area contributed by atoms with Gasteiger partial charge >= 0.3 is 7.12 Å². The Kier molecular flexibility index (Phi) is 4.00. The summed E-state index contributed by atoms with van der Waals surface area (Å²) in [4.78, 5) is 15.0. The molecule has 2 heterocycles. The van der Waals surface area contributed by atoms with E-state index in [0.29, 0.717) is 28.3 Å². The number of nitrogens with two attached hydrogens (primary N) is 1. The highest BCUT2D eigenvalue weighted by atomic mass is 16.5. The lowest BCUT2D eigenvalue weighted by Gasteiger charge is -2.10. The maximum absolute atomic E-state index is 10.6. The first kappa shape index (κ1) is 17.0. The number of rotatable bonds is 4. The lowest BCUT2D eigenvalue weighted by molar-refractivity contribution is -0.121. The zero-order chi connectivity index (χ0) is 19.1. The van der Waals surface area contributed by atoms with Crippen molar-refractivity contribution >= 4 is 46.7 Å². The number of hydrogen-bond acceptors (Lipinski definition) is 8. The summed E-state index contributed by atoms with van der Waals surface area (Å²) in [6, 6.07) is 9.00. The van der Waals surface area contributed by atoms with Gasteiger partial charge in [0.15, 0.2) is 17.3 Å². The Morgan fingerprint density at radius 3 is 2.78 bits per heavy atom. The monoisotopic (exact) mass is 362 g/mol. The number of nitrogens with zero attached hydrogens (tertiary/aromatic N) is 3. The molecule has 0 fully saturated rings. The van der Waals surface area contributed by atoms with Gasteiger partial charge in [-0.1, -0.05) is 12.1 Å². The van der Waals surface area contributed by atoms with Gasteiger partial charge in [0, 0.05) is 28.7 Å². The van der Waals surface area contributed by atoms with Crippen molar-refractivity contribution in [3.05, 3.63) is 41.9 Å². The van der Waals surface area contributed by atoms with Crippen LogP contribution in [0, 0.1) is 13.8 Å². The second-order valence-corrected chi connectivity index (χ2v) is 6.16. The molecule has 134 valence electrons. The molecule has 27 heavy (non-hydrogen) atoms. The summed E-state index contributed by atoms with van der Waals surface area (Å²) in [5.74, 6) is 0.842. The fourth-order valence-corrected chi connectivity index (χ4v) is 3.13. The van der Waals surface area contributed by atoms with Crippen LogP contribution in [0.4, 0.5) is 5.82 Å². The van der Waals surface area contributed by atoms with Crippen LogP contribution in [0.3, 0.4) is 0 Å². The minimum absolute atomic E-state index is 0.195. The summed E-state index contributed by atoms with van der Waals surface area (Å²) < 4.78 is 10.3. The fourth-order valence-electron chi connectivity index (χ4n) is 3.13. The summed E-state index contributed by atoms with van der Waals surface area (Å²) in [7, 11) is -1.40. The molecule has 0 aliphatic rings. The molecule has 0 radical (unpaired) electrons. The second kappa shape index (κ2) is 6.37. The number of nitrogen functional groups attached to an aromatic ring is 1. The van der Waals surface area contributed by atoms with Crippen LogP contribution in [-0.4, -0.2) is 33.8 Å². The van der Waals surface area contributed by atoms with Crippen LogP contribution in [0.25, 0.3) is 33.0 Å². The van der Waals surface area contributed by atoms with E-state index in [1.165, 1.54) is 0 Å². The Morgan fingerprint density at radius 2 is 2.00 bits per heavy atom. The number of oxazole rings is 1. The highest BCUT2D eigenvalue weighted by molar-refractivity contribution is 6.61. The lowest BCUT2D eigenvalue weighted by atomic mass is 9.78. The van der Waals surface area contributed by atoms with Crippen LogP contribution < -0.4 is 11.2 Å². The van der Waals surface area contributed by atoms with E-state index >= 15 is 0 Å². The van der Waals surface area contributed by atoms with Gasteiger partial charge in [-0.05, 0) is 30.7 Å². The first-order valence-electron chi connectivity index (χ1n) is 8.19. The van der Waals surface area contributed by atoms with Crippen LogP contribution in [0.2, 0.25) is 0 Å². The summed E-state index contributed by atoms with van der Waals surface area (Å²) in [6.07, 6.45) is 0. The molecule has 2 aromatic carbocycles. The third kappa shape index (κ3) is 2.87. The number of benzene rings is 2. The summed E-state index contributed by atoms with van der Waals surface area (Å²) in [6.45, 7) is 3.79. The highest BCUT2D eigenvalue weighted by Gasteiger charge is 2.22. The molecule has 9 heteroatoms. The van der Waals surface area contributed by atoms with E-state index in [0.717, 1.165) is 27.6 Å². The van der Waals surface area contributed by atoms with E-state index in [1.807, 2.05) is 25.1 Å². The normalized spacial score (nSPS) is 11.1. The van der Waals surface area contributed by atoms with Gasteiger partial charge in [-0.15, -0.1) is 5.10 Å². The van der Waals surface area contributed by atoms with E-state index in [9.17, 15) is 9.82 Å². The van der Waals surface area contributed by atoms with Crippen molar-refractivity contribution in [1.82, 2.24) is 15.2 Å². The molecule has 0 saturated carbocycles. The van der Waals surface area contributed by atoms with Crippen molar-refractivity contribution < 1.29 is 18.9 Å². The summed E-state index contributed by atoms with van der Waals surface area (Å²) in [5, 5.41) is 19.7. The molecule has 0 spiro atoms. The third-order valence-electron chi connectivity index (χ3n) is 4.40. The molecular weight excluding hydrogens is 347 g/mol. The molecule has 0 unspecified atom stereocenters. The van der Waals surface area contributed by atoms with Gasteiger partial charge in [0.2, 0.25) is 0 Å². The average Bonchev–Trinajstić information content (AvgIpc) is 3.04. The number of aryl methyl sites for hydroxylation is 2. The zero-order valence-electron chi connectivity index (χ0n) is 14.6. The summed E-state index contributed by atoms with van der Waals surface area (Å²) >= 11 is 0. The summed E-state index contributed by atoms with van der Waals surface area (Å²) in [5.41, 5.74) is 9.73. The van der Waals surface area contributed by atoms with Crippen molar-refractivity contribution in [3.63, 3.8) is 0 Å². The van der Waals surface area contributed by atoms with E-state index in [2.05, 4.69) is 19.8 Å². The smallest absolute Gasteiger partial charge is 0.508 e. The molecule has 4 rings (SSSR count). The first-order chi connectivity index (χ1) is 13.0. The average molecular weight is 362 g/mol. The Balaban J connectivity index is 1.98. The van der Waals surface area contributed by atoms with E-state index in [4.69, 9.17) is 10.2 Å². The van der Waals surface area contributed by atoms with Gasteiger partial charge in [0.1, 0.15) is 5.52 Å². The Hall–Kier alpha value is -3.46. The zero-order valence-corrected chi connectivity index (χ0v) is 14.6. The minimum atomic E-state index is -1.40. The van der Waals surface area contributed by atoms with E-state index < -0.39 is 7.12 Å². The molecule has 3 N–H and O–H groups in total. The van der Waals surface area contributed by atoms with Gasteiger partial charge in [0.05, 0.1) is 5.69 Å². The fraction of sp³-hybridized carbons (Fsp3) is 0.111. The van der Waals surface area contributed by atoms with Crippen molar-refractivity contribution in [1.29, 1.82) is 0 Å². The Bertz CT molecular complexity index is 1190. The van der Waals surface area contributed by atoms with Crippen molar-refractivity contribution in [2.75, 3.05) is 5.73 Å². The topological polar surface area (TPSA) is 124 Å². The molecular formula is C18H15BN4O4. The molecule has 0 aliphatic carbocycles. The largest absolute Gasteiger partial charge is 0.561 e. The predicted octanol–water partition coefficient (Wildman–Crippen LogP) is 1.50. The number of carbonyl (C=O) groups is 1. The number of carbonyl (C=O) groups excluding carboxylic acids is 1. The molecule has 0 atom stereocenters. The molecule has 0 amide bonds. The van der Waals surface area contributed by atoms with Crippen LogP contribution >= 0.6 is 0 Å².